The van der Waals surface area contributed by atoms with Gasteiger partial charge in [-0.3, -0.25) is 0 Å². The maximum Gasteiger partial charge on any atom is 0.126 e. The average Bonchev–Trinajstić information content (AvgIpc) is 2.33. The summed E-state index contributed by atoms with van der Waals surface area (Å²) in [6.45, 7) is 1.74. The van der Waals surface area contributed by atoms with E-state index in [1.165, 1.54) is 25.3 Å². The summed E-state index contributed by atoms with van der Waals surface area (Å²) in [6, 6.07) is 5.07. The molecule has 1 nitrogen and oxygen atoms in total. The van der Waals surface area contributed by atoms with Crippen molar-refractivity contribution in [3.63, 3.8) is 0 Å². The fraction of sp³-hybridized carbons (Fsp3) is 0.571. The van der Waals surface area contributed by atoms with Gasteiger partial charge in [-0.25, -0.2) is 4.39 Å². The molecule has 0 spiro atoms. The number of hydrogen-bond acceptors (Lipinski definition) is 1. The van der Waals surface area contributed by atoms with Crippen LogP contribution in [-0.2, 0) is 0 Å². The summed E-state index contributed by atoms with van der Waals surface area (Å²) in [6.07, 6.45) is 5.29. The molecule has 0 aliphatic heterocycles. The van der Waals surface area contributed by atoms with E-state index < -0.39 is 6.10 Å². The van der Waals surface area contributed by atoms with Crippen molar-refractivity contribution in [2.24, 2.45) is 5.92 Å². The highest BCUT2D eigenvalue weighted by molar-refractivity contribution is 5.25. The molecule has 0 amide bonds. The van der Waals surface area contributed by atoms with Gasteiger partial charge in [0.15, 0.2) is 0 Å². The molecule has 0 saturated heterocycles. The van der Waals surface area contributed by atoms with Crippen molar-refractivity contribution in [1.29, 1.82) is 0 Å². The van der Waals surface area contributed by atoms with Gasteiger partial charge in [0.05, 0.1) is 6.10 Å². The zero-order valence-electron chi connectivity index (χ0n) is 9.75. The largest absolute Gasteiger partial charge is 0.388 e. The molecule has 88 valence electrons. The number of rotatable bonds is 2. The molecule has 1 aromatic carbocycles. The van der Waals surface area contributed by atoms with Gasteiger partial charge in [0, 0.05) is 0 Å². The predicted molar refractivity (Wildman–Crippen MR) is 62.7 cm³/mol. The molecule has 1 aliphatic carbocycles. The van der Waals surface area contributed by atoms with Gasteiger partial charge < -0.3 is 5.11 Å². The van der Waals surface area contributed by atoms with Crippen LogP contribution in [0.1, 0.15) is 49.3 Å². The minimum absolute atomic E-state index is 0.215. The van der Waals surface area contributed by atoms with Crippen LogP contribution in [0.3, 0.4) is 0 Å². The molecule has 1 aliphatic rings. The third-order valence-corrected chi connectivity index (χ3v) is 3.63. The third kappa shape index (κ3) is 2.43. The second-order valence-electron chi connectivity index (χ2n) is 4.85. The molecule has 2 heteroatoms. The summed E-state index contributed by atoms with van der Waals surface area (Å²) in [4.78, 5) is 0. The maximum atomic E-state index is 13.4. The van der Waals surface area contributed by atoms with Crippen molar-refractivity contribution < 1.29 is 9.50 Å². The molecule has 2 rings (SSSR count). The van der Waals surface area contributed by atoms with Crippen molar-refractivity contribution in [2.45, 2.75) is 45.1 Å². The van der Waals surface area contributed by atoms with Gasteiger partial charge in [0.25, 0.3) is 0 Å². The number of benzene rings is 1. The first kappa shape index (κ1) is 11.6. The molecule has 1 atom stereocenters. The van der Waals surface area contributed by atoms with Crippen LogP contribution in [0.25, 0.3) is 0 Å². The van der Waals surface area contributed by atoms with Gasteiger partial charge in [-0.2, -0.15) is 0 Å². The minimum Gasteiger partial charge on any atom is -0.388 e. The van der Waals surface area contributed by atoms with E-state index in [1.54, 1.807) is 13.0 Å². The highest BCUT2D eigenvalue weighted by Crippen LogP contribution is 2.34. The van der Waals surface area contributed by atoms with E-state index in [2.05, 4.69) is 0 Å². The molecule has 1 fully saturated rings. The summed E-state index contributed by atoms with van der Waals surface area (Å²) in [5, 5.41) is 10.2. The van der Waals surface area contributed by atoms with Crippen LogP contribution in [0.2, 0.25) is 0 Å². The van der Waals surface area contributed by atoms with Gasteiger partial charge in [-0.1, -0.05) is 31.4 Å². The molecule has 0 bridgehead atoms. The molecule has 16 heavy (non-hydrogen) atoms. The highest BCUT2D eigenvalue weighted by atomic mass is 19.1. The van der Waals surface area contributed by atoms with E-state index in [1.807, 2.05) is 6.07 Å². The summed E-state index contributed by atoms with van der Waals surface area (Å²) >= 11 is 0. The lowest BCUT2D eigenvalue weighted by Gasteiger charge is -2.26. The topological polar surface area (TPSA) is 20.2 Å². The Bertz CT molecular complexity index is 356. The molecule has 1 aromatic rings. The Morgan fingerprint density at radius 1 is 1.25 bits per heavy atom. The maximum absolute atomic E-state index is 13.4. The third-order valence-electron chi connectivity index (χ3n) is 3.63. The normalized spacial score (nSPS) is 19.7. The fourth-order valence-corrected chi connectivity index (χ4v) is 2.52. The van der Waals surface area contributed by atoms with E-state index in [0.717, 1.165) is 18.4 Å². The van der Waals surface area contributed by atoms with E-state index in [4.69, 9.17) is 0 Å². The predicted octanol–water partition coefficient (Wildman–Crippen LogP) is 3.75. The minimum atomic E-state index is -0.490. The number of aryl methyl sites for hydroxylation is 1. The molecule has 0 radical (unpaired) electrons. The Balaban J connectivity index is 2.12. The molecule has 1 saturated carbocycles. The van der Waals surface area contributed by atoms with Crippen LogP contribution >= 0.6 is 0 Å². The van der Waals surface area contributed by atoms with Gasteiger partial charge in [0.1, 0.15) is 5.82 Å². The van der Waals surface area contributed by atoms with E-state index >= 15 is 0 Å². The number of aliphatic hydroxyl groups excluding tert-OH is 1. The molecule has 1 N–H and O–H groups in total. The lowest BCUT2D eigenvalue weighted by Crippen LogP contribution is -2.16. The highest BCUT2D eigenvalue weighted by Gasteiger charge is 2.23. The van der Waals surface area contributed by atoms with E-state index in [0.29, 0.717) is 11.5 Å². The zero-order valence-corrected chi connectivity index (χ0v) is 9.75. The summed E-state index contributed by atoms with van der Waals surface area (Å²) in [5.74, 6) is 0.100. The van der Waals surface area contributed by atoms with Gasteiger partial charge in [0.2, 0.25) is 0 Å². The first-order chi connectivity index (χ1) is 7.68. The van der Waals surface area contributed by atoms with E-state index in [9.17, 15) is 9.50 Å². The Labute approximate surface area is 96.3 Å². The standard InChI is InChI=1S/C14H19FO/c1-10-7-8-12(9-13(10)15)14(16)11-5-3-2-4-6-11/h7-9,11,14,16H,2-6H2,1H3. The second-order valence-corrected chi connectivity index (χ2v) is 4.85. The first-order valence-corrected chi connectivity index (χ1v) is 6.12. The van der Waals surface area contributed by atoms with Gasteiger partial charge in [-0.05, 0) is 42.9 Å². The van der Waals surface area contributed by atoms with Crippen molar-refractivity contribution >= 4 is 0 Å². The SMILES string of the molecule is Cc1ccc(C(O)C2CCCCC2)cc1F. The van der Waals surface area contributed by atoms with Crippen molar-refractivity contribution in [2.75, 3.05) is 0 Å². The quantitative estimate of drug-likeness (QED) is 0.808. The second kappa shape index (κ2) is 4.96. The molecule has 0 aromatic heterocycles. The number of hydrogen-bond donors (Lipinski definition) is 1. The van der Waals surface area contributed by atoms with Crippen LogP contribution in [0.5, 0.6) is 0 Å². The lowest BCUT2D eigenvalue weighted by atomic mass is 9.82. The van der Waals surface area contributed by atoms with Crippen molar-refractivity contribution in [1.82, 2.24) is 0 Å². The van der Waals surface area contributed by atoms with Crippen LogP contribution in [-0.4, -0.2) is 5.11 Å². The van der Waals surface area contributed by atoms with Crippen LogP contribution in [0, 0.1) is 18.7 Å². The lowest BCUT2D eigenvalue weighted by molar-refractivity contribution is 0.0845. The molecule has 0 heterocycles. The van der Waals surface area contributed by atoms with Crippen molar-refractivity contribution in [3.05, 3.63) is 35.1 Å². The van der Waals surface area contributed by atoms with Crippen LogP contribution in [0.15, 0.2) is 18.2 Å². The van der Waals surface area contributed by atoms with Crippen LogP contribution < -0.4 is 0 Å². The summed E-state index contributed by atoms with van der Waals surface area (Å²) in [5.41, 5.74) is 1.37. The molecular formula is C14H19FO. The zero-order chi connectivity index (χ0) is 11.5. The summed E-state index contributed by atoms with van der Waals surface area (Å²) < 4.78 is 13.4. The Morgan fingerprint density at radius 3 is 2.56 bits per heavy atom. The first-order valence-electron chi connectivity index (χ1n) is 6.12. The molecular weight excluding hydrogens is 203 g/mol. The number of aliphatic hydroxyl groups is 1. The van der Waals surface area contributed by atoms with Crippen molar-refractivity contribution in [3.8, 4) is 0 Å². The molecule has 1 unspecified atom stereocenters. The van der Waals surface area contributed by atoms with Crippen LogP contribution in [0.4, 0.5) is 4.39 Å². The number of halogens is 1. The Kier molecular flexibility index (Phi) is 3.59. The Hall–Kier alpha value is -0.890. The van der Waals surface area contributed by atoms with Gasteiger partial charge in [-0.15, -0.1) is 0 Å². The average molecular weight is 222 g/mol. The monoisotopic (exact) mass is 222 g/mol. The smallest absolute Gasteiger partial charge is 0.126 e. The summed E-state index contributed by atoms with van der Waals surface area (Å²) in [7, 11) is 0. The van der Waals surface area contributed by atoms with E-state index in [-0.39, 0.29) is 5.82 Å². The fourth-order valence-electron chi connectivity index (χ4n) is 2.52. The Morgan fingerprint density at radius 2 is 1.94 bits per heavy atom. The van der Waals surface area contributed by atoms with Gasteiger partial charge >= 0.3 is 0 Å².